The van der Waals surface area contributed by atoms with E-state index in [9.17, 15) is 18.0 Å². The SMILES string of the molecule is Cc1ccc2nc(C(F)(F)F)cc(N[C@H]3CCC[C@@H](NC(=O)c4c[nH]c5ccccc45)C3)c2c1. The zero-order chi connectivity index (χ0) is 23.9. The molecule has 34 heavy (non-hydrogen) atoms. The molecule has 8 heteroatoms. The highest BCUT2D eigenvalue weighted by Crippen LogP contribution is 2.35. The minimum absolute atomic E-state index is 0.0609. The second kappa shape index (κ2) is 8.66. The van der Waals surface area contributed by atoms with Gasteiger partial charge < -0.3 is 15.6 Å². The second-order valence-electron chi connectivity index (χ2n) is 9.00. The number of nitrogens with zero attached hydrogens (tertiary/aromatic N) is 1. The van der Waals surface area contributed by atoms with Gasteiger partial charge in [0.05, 0.1) is 11.1 Å². The summed E-state index contributed by atoms with van der Waals surface area (Å²) in [4.78, 5) is 19.9. The topological polar surface area (TPSA) is 69.8 Å². The molecule has 1 aliphatic rings. The lowest BCUT2D eigenvalue weighted by molar-refractivity contribution is -0.140. The Bertz CT molecular complexity index is 1360. The number of anilines is 1. The number of benzene rings is 2. The number of aromatic nitrogens is 2. The summed E-state index contributed by atoms with van der Waals surface area (Å²) < 4.78 is 40.4. The van der Waals surface area contributed by atoms with Crippen molar-refractivity contribution in [3.05, 3.63) is 71.5 Å². The van der Waals surface area contributed by atoms with Crippen LogP contribution < -0.4 is 10.6 Å². The smallest absolute Gasteiger partial charge is 0.382 e. The lowest BCUT2D eigenvalue weighted by atomic mass is 9.90. The van der Waals surface area contributed by atoms with Gasteiger partial charge in [-0.05, 0) is 56.9 Å². The summed E-state index contributed by atoms with van der Waals surface area (Å²) >= 11 is 0. The molecule has 2 heterocycles. The quantitative estimate of drug-likeness (QED) is 0.336. The standard InChI is InChI=1S/C26H25F3N4O/c1-15-9-10-22-19(11-15)23(13-24(33-22)26(27,28)29)31-16-5-4-6-17(12-16)32-25(34)20-14-30-21-8-3-2-7-18(20)21/h2-3,7-11,13-14,16-17,30H,4-6,12H2,1H3,(H,31,33)(H,32,34)/t16-,17+/m0/s1. The molecule has 5 rings (SSSR count). The number of hydrogen-bond donors (Lipinski definition) is 3. The number of aromatic amines is 1. The molecule has 1 saturated carbocycles. The summed E-state index contributed by atoms with van der Waals surface area (Å²) in [5.41, 5.74) is 2.26. The van der Waals surface area contributed by atoms with Crippen LogP contribution in [-0.4, -0.2) is 28.0 Å². The van der Waals surface area contributed by atoms with Gasteiger partial charge in [0.1, 0.15) is 5.69 Å². The predicted molar refractivity (Wildman–Crippen MR) is 127 cm³/mol. The van der Waals surface area contributed by atoms with Crippen LogP contribution in [0.1, 0.15) is 47.3 Å². The van der Waals surface area contributed by atoms with Gasteiger partial charge in [-0.3, -0.25) is 4.79 Å². The third-order valence-corrected chi connectivity index (χ3v) is 6.46. The fraction of sp³-hybridized carbons (Fsp3) is 0.308. The molecule has 2 aromatic carbocycles. The van der Waals surface area contributed by atoms with Crippen molar-refractivity contribution in [2.45, 2.75) is 50.9 Å². The van der Waals surface area contributed by atoms with Gasteiger partial charge in [-0.15, -0.1) is 0 Å². The number of aryl methyl sites for hydroxylation is 1. The number of H-pyrrole nitrogens is 1. The number of para-hydroxylation sites is 1. The molecule has 4 aromatic rings. The van der Waals surface area contributed by atoms with Gasteiger partial charge in [-0.25, -0.2) is 4.98 Å². The molecule has 1 fully saturated rings. The molecule has 0 bridgehead atoms. The summed E-state index contributed by atoms with van der Waals surface area (Å²) in [5.74, 6) is -0.146. The van der Waals surface area contributed by atoms with Gasteiger partial charge in [-0.1, -0.05) is 29.8 Å². The van der Waals surface area contributed by atoms with Gasteiger partial charge in [0.2, 0.25) is 0 Å². The molecule has 176 valence electrons. The molecule has 2 atom stereocenters. The van der Waals surface area contributed by atoms with Crippen LogP contribution in [0.5, 0.6) is 0 Å². The zero-order valence-electron chi connectivity index (χ0n) is 18.7. The summed E-state index contributed by atoms with van der Waals surface area (Å²) in [6, 6.07) is 13.8. The van der Waals surface area contributed by atoms with Crippen molar-refractivity contribution in [1.82, 2.24) is 15.3 Å². The number of carbonyl (C=O) groups excluding carboxylic acids is 1. The maximum atomic E-state index is 13.5. The van der Waals surface area contributed by atoms with E-state index in [-0.39, 0.29) is 18.0 Å². The Morgan fingerprint density at radius 3 is 2.68 bits per heavy atom. The van der Waals surface area contributed by atoms with Crippen molar-refractivity contribution in [2.24, 2.45) is 0 Å². The number of fused-ring (bicyclic) bond motifs is 2. The first-order valence-electron chi connectivity index (χ1n) is 11.4. The highest BCUT2D eigenvalue weighted by Gasteiger charge is 2.34. The van der Waals surface area contributed by atoms with E-state index in [2.05, 4.69) is 20.6 Å². The molecule has 3 N–H and O–H groups in total. The normalized spacial score (nSPS) is 18.8. The number of carbonyl (C=O) groups is 1. The van der Waals surface area contributed by atoms with Gasteiger partial charge in [0, 0.05) is 40.3 Å². The van der Waals surface area contributed by atoms with E-state index in [4.69, 9.17) is 0 Å². The number of halogens is 3. The van der Waals surface area contributed by atoms with E-state index in [1.54, 1.807) is 18.3 Å². The lowest BCUT2D eigenvalue weighted by Gasteiger charge is -2.31. The van der Waals surface area contributed by atoms with Gasteiger partial charge >= 0.3 is 6.18 Å². The Kier molecular flexibility index (Phi) is 5.67. The molecule has 0 saturated heterocycles. The number of hydrogen-bond acceptors (Lipinski definition) is 3. The second-order valence-corrected chi connectivity index (χ2v) is 9.00. The summed E-state index contributed by atoms with van der Waals surface area (Å²) in [6.45, 7) is 1.90. The number of rotatable bonds is 4. The third kappa shape index (κ3) is 4.44. The van der Waals surface area contributed by atoms with Crippen LogP contribution in [0.2, 0.25) is 0 Å². The molecular formula is C26H25F3N4O. The Labute approximate surface area is 194 Å². The van der Waals surface area contributed by atoms with Crippen molar-refractivity contribution in [2.75, 3.05) is 5.32 Å². The Balaban J connectivity index is 1.35. The average Bonchev–Trinajstić information content (AvgIpc) is 3.23. The van der Waals surface area contributed by atoms with E-state index in [0.29, 0.717) is 28.6 Å². The van der Waals surface area contributed by atoms with E-state index < -0.39 is 11.9 Å². The average molecular weight is 467 g/mol. The van der Waals surface area contributed by atoms with E-state index >= 15 is 0 Å². The van der Waals surface area contributed by atoms with Crippen LogP contribution >= 0.6 is 0 Å². The minimum Gasteiger partial charge on any atom is -0.382 e. The van der Waals surface area contributed by atoms with Crippen LogP contribution in [0, 0.1) is 6.92 Å². The summed E-state index contributed by atoms with van der Waals surface area (Å²) in [5, 5.41) is 7.98. The van der Waals surface area contributed by atoms with Gasteiger partial charge in [0.15, 0.2) is 0 Å². The monoisotopic (exact) mass is 466 g/mol. The largest absolute Gasteiger partial charge is 0.433 e. The maximum absolute atomic E-state index is 13.5. The predicted octanol–water partition coefficient (Wildman–Crippen LogP) is 6.20. The van der Waals surface area contributed by atoms with Crippen molar-refractivity contribution in [3.63, 3.8) is 0 Å². The Morgan fingerprint density at radius 2 is 1.85 bits per heavy atom. The van der Waals surface area contributed by atoms with Crippen LogP contribution in [0.4, 0.5) is 18.9 Å². The maximum Gasteiger partial charge on any atom is 0.433 e. The number of pyridine rings is 1. The van der Waals surface area contributed by atoms with Crippen LogP contribution in [0.15, 0.2) is 54.7 Å². The molecule has 0 spiro atoms. The Morgan fingerprint density at radius 1 is 1.06 bits per heavy atom. The fourth-order valence-electron chi connectivity index (χ4n) is 4.80. The highest BCUT2D eigenvalue weighted by atomic mass is 19.4. The molecule has 0 radical (unpaired) electrons. The molecule has 5 nitrogen and oxygen atoms in total. The van der Waals surface area contributed by atoms with Crippen LogP contribution in [0.25, 0.3) is 21.8 Å². The first-order valence-corrected chi connectivity index (χ1v) is 11.4. The Hall–Kier alpha value is -3.55. The highest BCUT2D eigenvalue weighted by molar-refractivity contribution is 6.06. The molecule has 2 aromatic heterocycles. The summed E-state index contributed by atoms with van der Waals surface area (Å²) in [7, 11) is 0. The first kappa shape index (κ1) is 22.3. The van der Waals surface area contributed by atoms with E-state index in [0.717, 1.165) is 41.8 Å². The third-order valence-electron chi connectivity index (χ3n) is 6.46. The van der Waals surface area contributed by atoms with E-state index in [1.807, 2.05) is 37.3 Å². The number of nitrogens with one attached hydrogen (secondary N) is 3. The fourth-order valence-corrected chi connectivity index (χ4v) is 4.80. The van der Waals surface area contributed by atoms with Crippen LogP contribution in [0.3, 0.4) is 0 Å². The van der Waals surface area contributed by atoms with Crippen molar-refractivity contribution in [1.29, 1.82) is 0 Å². The molecule has 1 amide bonds. The van der Waals surface area contributed by atoms with Crippen molar-refractivity contribution >= 4 is 33.4 Å². The first-order chi connectivity index (χ1) is 16.3. The number of amides is 1. The molecular weight excluding hydrogens is 441 g/mol. The van der Waals surface area contributed by atoms with Gasteiger partial charge in [-0.2, -0.15) is 13.2 Å². The lowest BCUT2D eigenvalue weighted by Crippen LogP contribution is -2.41. The summed E-state index contributed by atoms with van der Waals surface area (Å²) in [6.07, 6.45) is 0.322. The zero-order valence-corrected chi connectivity index (χ0v) is 18.7. The minimum atomic E-state index is -4.53. The van der Waals surface area contributed by atoms with Crippen molar-refractivity contribution in [3.8, 4) is 0 Å². The van der Waals surface area contributed by atoms with E-state index in [1.165, 1.54) is 0 Å². The molecule has 0 unspecified atom stereocenters. The van der Waals surface area contributed by atoms with Crippen LogP contribution in [-0.2, 0) is 6.18 Å². The molecule has 0 aliphatic heterocycles. The van der Waals surface area contributed by atoms with Gasteiger partial charge in [0.25, 0.3) is 5.91 Å². The molecule has 1 aliphatic carbocycles. The van der Waals surface area contributed by atoms with Crippen molar-refractivity contribution < 1.29 is 18.0 Å². The number of alkyl halides is 3.